The first-order chi connectivity index (χ1) is 8.97. The molecule has 4 nitrogen and oxygen atoms in total. The van der Waals surface area contributed by atoms with Gasteiger partial charge in [-0.25, -0.2) is 4.39 Å². The Labute approximate surface area is 116 Å². The molecule has 0 bridgehead atoms. The van der Waals surface area contributed by atoms with Gasteiger partial charge in [0.1, 0.15) is 16.9 Å². The summed E-state index contributed by atoms with van der Waals surface area (Å²) in [6.45, 7) is 1.91. The van der Waals surface area contributed by atoms with Gasteiger partial charge < -0.3 is 15.8 Å². The molecule has 1 amide bonds. The van der Waals surface area contributed by atoms with Crippen molar-refractivity contribution in [2.24, 2.45) is 5.73 Å². The van der Waals surface area contributed by atoms with E-state index in [1.807, 2.05) is 6.92 Å². The highest BCUT2D eigenvalue weighted by atomic mass is 32.1. The minimum atomic E-state index is -0.565. The molecule has 102 valence electrons. The third kappa shape index (κ3) is 3.27. The lowest BCUT2D eigenvalue weighted by molar-refractivity contribution is -0.126. The van der Waals surface area contributed by atoms with Crippen molar-refractivity contribution >= 4 is 28.8 Å². The van der Waals surface area contributed by atoms with Crippen molar-refractivity contribution in [3.05, 3.63) is 29.6 Å². The molecule has 0 radical (unpaired) electrons. The summed E-state index contributed by atoms with van der Waals surface area (Å²) in [7, 11) is 0. The first-order valence-electron chi connectivity index (χ1n) is 6.03. The Balaban J connectivity index is 2.07. The van der Waals surface area contributed by atoms with Gasteiger partial charge in [-0.1, -0.05) is 12.2 Å². The highest BCUT2D eigenvalue weighted by Crippen LogP contribution is 2.22. The van der Waals surface area contributed by atoms with Crippen molar-refractivity contribution in [2.75, 3.05) is 5.32 Å². The van der Waals surface area contributed by atoms with E-state index in [9.17, 15) is 9.18 Å². The highest BCUT2D eigenvalue weighted by Gasteiger charge is 2.28. The van der Waals surface area contributed by atoms with Gasteiger partial charge in [0.2, 0.25) is 0 Å². The molecule has 1 aliphatic heterocycles. The van der Waals surface area contributed by atoms with Crippen molar-refractivity contribution in [3.63, 3.8) is 0 Å². The number of anilines is 1. The highest BCUT2D eigenvalue weighted by molar-refractivity contribution is 7.80. The Morgan fingerprint density at radius 3 is 2.79 bits per heavy atom. The van der Waals surface area contributed by atoms with Crippen molar-refractivity contribution in [1.82, 2.24) is 0 Å². The first-order valence-corrected chi connectivity index (χ1v) is 6.44. The fourth-order valence-corrected chi connectivity index (χ4v) is 2.11. The van der Waals surface area contributed by atoms with E-state index in [-0.39, 0.29) is 22.7 Å². The van der Waals surface area contributed by atoms with Crippen LogP contribution in [0.1, 0.15) is 25.3 Å². The van der Waals surface area contributed by atoms with Crippen LogP contribution in [0.2, 0.25) is 0 Å². The van der Waals surface area contributed by atoms with E-state index in [1.54, 1.807) is 6.07 Å². The number of nitrogens with one attached hydrogen (secondary N) is 1. The number of halogens is 1. The molecular formula is C13H15FN2O2S. The first kappa shape index (κ1) is 13.9. The van der Waals surface area contributed by atoms with Gasteiger partial charge in [0, 0.05) is 5.56 Å². The average Bonchev–Trinajstić information content (AvgIpc) is 2.78. The largest absolute Gasteiger partial charge is 0.389 e. The monoisotopic (exact) mass is 282 g/mol. The number of hydrogen-bond donors (Lipinski definition) is 2. The molecule has 0 spiro atoms. The van der Waals surface area contributed by atoms with Crippen molar-refractivity contribution in [3.8, 4) is 0 Å². The second-order valence-electron chi connectivity index (χ2n) is 4.56. The normalized spacial score (nSPS) is 22.2. The van der Waals surface area contributed by atoms with Crippen LogP contribution in [0.5, 0.6) is 0 Å². The second-order valence-corrected chi connectivity index (χ2v) is 5.00. The van der Waals surface area contributed by atoms with Crippen LogP contribution in [-0.2, 0) is 9.53 Å². The second kappa shape index (κ2) is 5.63. The molecule has 0 saturated carbocycles. The number of nitrogens with two attached hydrogens (primary N) is 1. The molecule has 1 aromatic carbocycles. The van der Waals surface area contributed by atoms with E-state index in [4.69, 9.17) is 22.7 Å². The van der Waals surface area contributed by atoms with Crippen LogP contribution in [0, 0.1) is 5.82 Å². The van der Waals surface area contributed by atoms with E-state index >= 15 is 0 Å². The third-order valence-corrected chi connectivity index (χ3v) is 3.27. The molecule has 2 atom stereocenters. The van der Waals surface area contributed by atoms with Crippen LogP contribution in [0.25, 0.3) is 0 Å². The SMILES string of the molecule is CC1CCC(C(=O)Nc2ccc(C(N)=S)cc2F)O1. The van der Waals surface area contributed by atoms with E-state index in [0.717, 1.165) is 6.42 Å². The summed E-state index contributed by atoms with van der Waals surface area (Å²) in [6.07, 6.45) is 1.04. The average molecular weight is 282 g/mol. The summed E-state index contributed by atoms with van der Waals surface area (Å²) in [6, 6.07) is 4.22. The molecule has 1 saturated heterocycles. The van der Waals surface area contributed by atoms with E-state index < -0.39 is 11.9 Å². The minimum Gasteiger partial charge on any atom is -0.389 e. The van der Waals surface area contributed by atoms with Crippen LogP contribution in [0.3, 0.4) is 0 Å². The number of benzene rings is 1. The Morgan fingerprint density at radius 1 is 1.53 bits per heavy atom. The van der Waals surface area contributed by atoms with Gasteiger partial charge in [-0.2, -0.15) is 0 Å². The van der Waals surface area contributed by atoms with Gasteiger partial charge in [-0.15, -0.1) is 0 Å². The molecule has 0 aromatic heterocycles. The van der Waals surface area contributed by atoms with Gasteiger partial charge in [-0.3, -0.25) is 4.79 Å². The Hall–Kier alpha value is -1.53. The molecule has 1 aliphatic rings. The minimum absolute atomic E-state index is 0.0672. The third-order valence-electron chi connectivity index (χ3n) is 3.04. The summed E-state index contributed by atoms with van der Waals surface area (Å²) in [4.78, 5) is 12.0. The molecule has 1 aromatic rings. The van der Waals surface area contributed by atoms with Gasteiger partial charge in [-0.05, 0) is 38.0 Å². The number of rotatable bonds is 3. The summed E-state index contributed by atoms with van der Waals surface area (Å²) in [5.74, 6) is -0.893. The zero-order chi connectivity index (χ0) is 14.0. The molecule has 0 aliphatic carbocycles. The smallest absolute Gasteiger partial charge is 0.253 e. The van der Waals surface area contributed by atoms with Crippen LogP contribution >= 0.6 is 12.2 Å². The Morgan fingerprint density at radius 2 is 2.26 bits per heavy atom. The maximum Gasteiger partial charge on any atom is 0.253 e. The summed E-state index contributed by atoms with van der Waals surface area (Å²) >= 11 is 4.76. The lowest BCUT2D eigenvalue weighted by Gasteiger charge is -2.12. The number of amides is 1. The van der Waals surface area contributed by atoms with Crippen molar-refractivity contribution in [2.45, 2.75) is 32.0 Å². The summed E-state index contributed by atoms with van der Waals surface area (Å²) < 4.78 is 19.2. The van der Waals surface area contributed by atoms with Gasteiger partial charge in [0.15, 0.2) is 0 Å². The van der Waals surface area contributed by atoms with Crippen LogP contribution in [0.15, 0.2) is 18.2 Å². The Kier molecular flexibility index (Phi) is 4.11. The van der Waals surface area contributed by atoms with Crippen LogP contribution in [0.4, 0.5) is 10.1 Å². The summed E-state index contributed by atoms with van der Waals surface area (Å²) in [5.41, 5.74) is 5.94. The molecule has 2 unspecified atom stereocenters. The summed E-state index contributed by atoms with van der Waals surface area (Å²) in [5, 5.41) is 2.52. The van der Waals surface area contributed by atoms with Crippen LogP contribution in [-0.4, -0.2) is 23.1 Å². The zero-order valence-corrected chi connectivity index (χ0v) is 11.3. The fourth-order valence-electron chi connectivity index (χ4n) is 1.98. The number of carbonyl (C=O) groups is 1. The molecule has 2 rings (SSSR count). The standard InChI is InChI=1S/C13H15FN2O2S/c1-7-2-5-11(18-7)13(17)16-10-4-3-8(12(15)19)6-9(10)14/h3-4,6-7,11H,2,5H2,1H3,(H2,15,19)(H,16,17). The quantitative estimate of drug-likeness (QED) is 0.832. The molecule has 3 N–H and O–H groups in total. The maximum atomic E-state index is 13.8. The molecular weight excluding hydrogens is 267 g/mol. The molecule has 1 heterocycles. The number of carbonyl (C=O) groups excluding carboxylic acids is 1. The van der Waals surface area contributed by atoms with Crippen LogP contribution < -0.4 is 11.1 Å². The van der Waals surface area contributed by atoms with Gasteiger partial charge >= 0.3 is 0 Å². The number of ether oxygens (including phenoxy) is 1. The number of hydrogen-bond acceptors (Lipinski definition) is 3. The predicted molar refractivity (Wildman–Crippen MR) is 74.5 cm³/mol. The van der Waals surface area contributed by atoms with E-state index in [2.05, 4.69) is 5.32 Å². The topological polar surface area (TPSA) is 64.4 Å². The van der Waals surface area contributed by atoms with E-state index in [0.29, 0.717) is 12.0 Å². The molecule has 1 fully saturated rings. The fraction of sp³-hybridized carbons (Fsp3) is 0.385. The number of thiocarbonyl (C=S) groups is 1. The molecule has 6 heteroatoms. The zero-order valence-electron chi connectivity index (χ0n) is 10.5. The lowest BCUT2D eigenvalue weighted by Crippen LogP contribution is -2.28. The lowest BCUT2D eigenvalue weighted by atomic mass is 10.1. The Bertz CT molecular complexity index is 521. The molecule has 19 heavy (non-hydrogen) atoms. The predicted octanol–water partition coefficient (Wildman–Crippen LogP) is 1.97. The maximum absolute atomic E-state index is 13.8. The van der Waals surface area contributed by atoms with Crippen molar-refractivity contribution < 1.29 is 13.9 Å². The van der Waals surface area contributed by atoms with Gasteiger partial charge in [0.05, 0.1) is 11.8 Å². The van der Waals surface area contributed by atoms with Crippen molar-refractivity contribution in [1.29, 1.82) is 0 Å². The van der Waals surface area contributed by atoms with E-state index in [1.165, 1.54) is 12.1 Å². The van der Waals surface area contributed by atoms with Gasteiger partial charge in [0.25, 0.3) is 5.91 Å².